The summed E-state index contributed by atoms with van der Waals surface area (Å²) in [7, 11) is 0. The van der Waals surface area contributed by atoms with Crippen molar-refractivity contribution in [3.8, 4) is 0 Å². The molecule has 1 aromatic rings. The fourth-order valence-corrected chi connectivity index (χ4v) is 3.48. The second kappa shape index (κ2) is 5.23. The van der Waals surface area contributed by atoms with Crippen molar-refractivity contribution in [2.45, 2.75) is 32.2 Å². The summed E-state index contributed by atoms with van der Waals surface area (Å²) in [6.45, 7) is 3.41. The van der Waals surface area contributed by atoms with Crippen LogP contribution >= 0.6 is 0 Å². The lowest BCUT2D eigenvalue weighted by Gasteiger charge is -2.40. The fraction of sp³-hybridized carbons (Fsp3) is 0.562. The molecule has 0 amide bonds. The lowest BCUT2D eigenvalue weighted by Crippen LogP contribution is -2.42. The van der Waals surface area contributed by atoms with Crippen LogP contribution in [0.25, 0.3) is 0 Å². The van der Waals surface area contributed by atoms with E-state index >= 15 is 0 Å². The van der Waals surface area contributed by atoms with Crippen LogP contribution in [0, 0.1) is 11.8 Å². The Morgan fingerprint density at radius 1 is 1.11 bits per heavy atom. The molecule has 3 rings (SSSR count). The topological polar surface area (TPSA) is 20.3 Å². The first kappa shape index (κ1) is 11.9. The quantitative estimate of drug-likeness (QED) is 0.796. The van der Waals surface area contributed by atoms with Crippen LogP contribution in [0.15, 0.2) is 30.3 Å². The van der Waals surface area contributed by atoms with Crippen molar-refractivity contribution in [1.82, 2.24) is 4.90 Å². The highest BCUT2D eigenvalue weighted by atomic mass is 16.1. The molecule has 2 fully saturated rings. The lowest BCUT2D eigenvalue weighted by molar-refractivity contribution is -0.123. The minimum atomic E-state index is 0.493. The van der Waals surface area contributed by atoms with E-state index in [4.69, 9.17) is 0 Å². The summed E-state index contributed by atoms with van der Waals surface area (Å²) >= 11 is 0. The zero-order chi connectivity index (χ0) is 12.4. The van der Waals surface area contributed by atoms with E-state index in [0.29, 0.717) is 11.7 Å². The molecule has 0 radical (unpaired) electrons. The number of rotatable bonds is 2. The van der Waals surface area contributed by atoms with Gasteiger partial charge in [0.2, 0.25) is 0 Å². The maximum atomic E-state index is 11.5. The number of hydrogen-bond acceptors (Lipinski definition) is 2. The smallest absolute Gasteiger partial charge is 0.133 e. The molecule has 0 spiro atoms. The SMILES string of the molecule is O=C1CC[C@@H]2CN(Cc3ccccc3)CC[C@@H]2C1. The first-order valence-corrected chi connectivity index (χ1v) is 7.09. The molecule has 1 heterocycles. The summed E-state index contributed by atoms with van der Waals surface area (Å²) in [6.07, 6.45) is 4.00. The molecular weight excluding hydrogens is 222 g/mol. The number of hydrogen-bond donors (Lipinski definition) is 0. The van der Waals surface area contributed by atoms with E-state index in [2.05, 4.69) is 35.2 Å². The highest BCUT2D eigenvalue weighted by Gasteiger charge is 2.33. The highest BCUT2D eigenvalue weighted by Crippen LogP contribution is 2.34. The average molecular weight is 243 g/mol. The van der Waals surface area contributed by atoms with E-state index in [1.807, 2.05) is 0 Å². The molecular formula is C16H21NO. The van der Waals surface area contributed by atoms with Crippen molar-refractivity contribution in [2.24, 2.45) is 11.8 Å². The minimum absolute atomic E-state index is 0.493. The normalized spacial score (nSPS) is 29.0. The number of ketones is 1. The van der Waals surface area contributed by atoms with Crippen molar-refractivity contribution in [2.75, 3.05) is 13.1 Å². The molecule has 96 valence electrons. The summed E-state index contributed by atoms with van der Waals surface area (Å²) < 4.78 is 0. The van der Waals surface area contributed by atoms with Gasteiger partial charge in [-0.1, -0.05) is 30.3 Å². The molecule has 2 atom stereocenters. The average Bonchev–Trinajstić information content (AvgIpc) is 2.40. The van der Waals surface area contributed by atoms with Crippen LogP contribution in [0.2, 0.25) is 0 Å². The van der Waals surface area contributed by atoms with Crippen LogP contribution in [0.4, 0.5) is 0 Å². The third-order valence-corrected chi connectivity index (χ3v) is 4.51. The van der Waals surface area contributed by atoms with Crippen molar-refractivity contribution in [3.05, 3.63) is 35.9 Å². The third-order valence-electron chi connectivity index (χ3n) is 4.51. The summed E-state index contributed by atoms with van der Waals surface area (Å²) in [4.78, 5) is 14.0. The Hall–Kier alpha value is -1.15. The molecule has 1 aromatic carbocycles. The number of fused-ring (bicyclic) bond motifs is 1. The van der Waals surface area contributed by atoms with Gasteiger partial charge in [0, 0.05) is 25.9 Å². The van der Waals surface area contributed by atoms with E-state index < -0.39 is 0 Å². The maximum absolute atomic E-state index is 11.5. The number of likely N-dealkylation sites (tertiary alicyclic amines) is 1. The highest BCUT2D eigenvalue weighted by molar-refractivity contribution is 5.79. The zero-order valence-electron chi connectivity index (χ0n) is 10.8. The molecule has 0 N–H and O–H groups in total. The van der Waals surface area contributed by atoms with Gasteiger partial charge in [-0.15, -0.1) is 0 Å². The van der Waals surface area contributed by atoms with E-state index in [9.17, 15) is 4.79 Å². The van der Waals surface area contributed by atoms with Crippen molar-refractivity contribution >= 4 is 5.78 Å². The third kappa shape index (κ3) is 2.64. The molecule has 2 nitrogen and oxygen atoms in total. The van der Waals surface area contributed by atoms with Crippen LogP contribution in [0.1, 0.15) is 31.2 Å². The number of piperidine rings is 1. The Morgan fingerprint density at radius 3 is 2.78 bits per heavy atom. The van der Waals surface area contributed by atoms with Gasteiger partial charge in [-0.2, -0.15) is 0 Å². The summed E-state index contributed by atoms with van der Waals surface area (Å²) in [5.74, 6) is 1.94. The number of benzene rings is 1. The predicted octanol–water partition coefficient (Wildman–Crippen LogP) is 2.88. The van der Waals surface area contributed by atoms with Gasteiger partial charge in [0.25, 0.3) is 0 Å². The van der Waals surface area contributed by atoms with Crippen LogP contribution in [-0.4, -0.2) is 23.8 Å². The Bertz CT molecular complexity index is 414. The maximum Gasteiger partial charge on any atom is 0.133 e. The van der Waals surface area contributed by atoms with Gasteiger partial charge in [-0.3, -0.25) is 9.69 Å². The standard InChI is InChI=1S/C16H21NO/c18-16-7-6-15-12-17(9-8-14(15)10-16)11-13-4-2-1-3-5-13/h1-5,14-15H,6-12H2/t14-,15-/m1/s1. The molecule has 2 aliphatic rings. The fourth-order valence-electron chi connectivity index (χ4n) is 3.48. The van der Waals surface area contributed by atoms with Crippen LogP contribution in [-0.2, 0) is 11.3 Å². The molecule has 1 saturated heterocycles. The summed E-state index contributed by atoms with van der Waals surface area (Å²) in [5.41, 5.74) is 1.41. The monoisotopic (exact) mass is 243 g/mol. The van der Waals surface area contributed by atoms with Gasteiger partial charge >= 0.3 is 0 Å². The summed E-state index contributed by atoms with van der Waals surface area (Å²) in [6, 6.07) is 10.7. The number of carbonyl (C=O) groups excluding carboxylic acids is 1. The van der Waals surface area contributed by atoms with E-state index in [-0.39, 0.29) is 0 Å². The van der Waals surface area contributed by atoms with E-state index in [1.165, 1.54) is 18.5 Å². The van der Waals surface area contributed by atoms with Gasteiger partial charge in [-0.05, 0) is 36.8 Å². The molecule has 0 bridgehead atoms. The zero-order valence-corrected chi connectivity index (χ0v) is 10.8. The van der Waals surface area contributed by atoms with Crippen LogP contribution < -0.4 is 0 Å². The molecule has 0 aromatic heterocycles. The van der Waals surface area contributed by atoms with Crippen LogP contribution in [0.5, 0.6) is 0 Å². The number of carbonyl (C=O) groups is 1. The lowest BCUT2D eigenvalue weighted by atomic mass is 9.74. The van der Waals surface area contributed by atoms with Crippen LogP contribution in [0.3, 0.4) is 0 Å². The van der Waals surface area contributed by atoms with Gasteiger partial charge in [0.1, 0.15) is 5.78 Å². The minimum Gasteiger partial charge on any atom is -0.300 e. The Morgan fingerprint density at radius 2 is 1.94 bits per heavy atom. The van der Waals surface area contributed by atoms with Crippen molar-refractivity contribution in [1.29, 1.82) is 0 Å². The largest absolute Gasteiger partial charge is 0.300 e. The predicted molar refractivity (Wildman–Crippen MR) is 72.2 cm³/mol. The molecule has 2 heteroatoms. The molecule has 18 heavy (non-hydrogen) atoms. The Kier molecular flexibility index (Phi) is 3.46. The molecule has 1 aliphatic carbocycles. The van der Waals surface area contributed by atoms with Gasteiger partial charge in [0.05, 0.1) is 0 Å². The number of nitrogens with zero attached hydrogens (tertiary/aromatic N) is 1. The van der Waals surface area contributed by atoms with Gasteiger partial charge in [0.15, 0.2) is 0 Å². The molecule has 1 aliphatic heterocycles. The molecule has 0 unspecified atom stereocenters. The van der Waals surface area contributed by atoms with E-state index in [1.54, 1.807) is 0 Å². The van der Waals surface area contributed by atoms with Crippen molar-refractivity contribution < 1.29 is 4.79 Å². The van der Waals surface area contributed by atoms with Gasteiger partial charge < -0.3 is 0 Å². The first-order valence-electron chi connectivity index (χ1n) is 7.09. The Balaban J connectivity index is 1.59. The first-order chi connectivity index (χ1) is 8.81. The van der Waals surface area contributed by atoms with Crippen molar-refractivity contribution in [3.63, 3.8) is 0 Å². The summed E-state index contributed by atoms with van der Waals surface area (Å²) in [5, 5.41) is 0. The second-order valence-corrected chi connectivity index (χ2v) is 5.81. The van der Waals surface area contributed by atoms with E-state index in [0.717, 1.165) is 38.3 Å². The van der Waals surface area contributed by atoms with Gasteiger partial charge in [-0.25, -0.2) is 0 Å². The molecule has 1 saturated carbocycles. The number of Topliss-reactive ketones (excluding diaryl/α,β-unsaturated/α-hetero) is 1. The second-order valence-electron chi connectivity index (χ2n) is 5.81. The Labute approximate surface area is 109 Å².